The summed E-state index contributed by atoms with van der Waals surface area (Å²) >= 11 is 1.72. The standard InChI is InChI=1S/C21H23N3O3S/c1-2-26-17-10-8-16(9-11-17)21-23-20(27-24-21)13-12-19(25)22-14-15-28-18-6-4-3-5-7-18/h3-11H,2,12-15H2,1H3,(H,22,25). The van der Waals surface area contributed by atoms with Crippen LogP contribution in [0.1, 0.15) is 19.2 Å². The van der Waals surface area contributed by atoms with E-state index in [2.05, 4.69) is 27.6 Å². The van der Waals surface area contributed by atoms with Gasteiger partial charge in [-0.1, -0.05) is 23.4 Å². The number of ether oxygens (including phenoxy) is 1. The topological polar surface area (TPSA) is 77.2 Å². The van der Waals surface area contributed by atoms with Crippen LogP contribution in [-0.4, -0.2) is 35.0 Å². The number of benzene rings is 2. The second kappa shape index (κ2) is 10.5. The van der Waals surface area contributed by atoms with E-state index in [0.29, 0.717) is 37.7 Å². The zero-order valence-corrected chi connectivity index (χ0v) is 16.6. The van der Waals surface area contributed by atoms with Gasteiger partial charge in [0.15, 0.2) is 0 Å². The molecule has 1 amide bonds. The molecule has 0 aliphatic rings. The van der Waals surface area contributed by atoms with Crippen molar-refractivity contribution in [3.8, 4) is 17.1 Å². The third-order valence-corrected chi connectivity index (χ3v) is 4.91. The second-order valence-electron chi connectivity index (χ2n) is 5.98. The number of aryl methyl sites for hydroxylation is 1. The highest BCUT2D eigenvalue weighted by Crippen LogP contribution is 2.20. The number of hydrogen-bond acceptors (Lipinski definition) is 6. The van der Waals surface area contributed by atoms with Gasteiger partial charge in [-0.25, -0.2) is 0 Å². The highest BCUT2D eigenvalue weighted by molar-refractivity contribution is 7.99. The first-order valence-corrected chi connectivity index (χ1v) is 10.2. The number of aromatic nitrogens is 2. The van der Waals surface area contributed by atoms with Crippen LogP contribution in [0.2, 0.25) is 0 Å². The zero-order chi connectivity index (χ0) is 19.6. The van der Waals surface area contributed by atoms with Crippen molar-refractivity contribution in [1.82, 2.24) is 15.5 Å². The molecule has 0 aliphatic heterocycles. The van der Waals surface area contributed by atoms with E-state index >= 15 is 0 Å². The number of nitrogens with one attached hydrogen (secondary N) is 1. The maximum absolute atomic E-state index is 12.0. The largest absolute Gasteiger partial charge is 0.494 e. The van der Waals surface area contributed by atoms with Crippen molar-refractivity contribution in [2.75, 3.05) is 18.9 Å². The summed E-state index contributed by atoms with van der Waals surface area (Å²) in [6.07, 6.45) is 0.739. The van der Waals surface area contributed by atoms with E-state index in [-0.39, 0.29) is 5.91 Å². The first-order valence-electron chi connectivity index (χ1n) is 9.25. The van der Waals surface area contributed by atoms with Gasteiger partial charge < -0.3 is 14.6 Å². The van der Waals surface area contributed by atoms with Gasteiger partial charge in [-0.05, 0) is 43.3 Å². The molecule has 0 saturated carbocycles. The van der Waals surface area contributed by atoms with Gasteiger partial charge in [0.25, 0.3) is 0 Å². The van der Waals surface area contributed by atoms with Gasteiger partial charge in [0.05, 0.1) is 6.61 Å². The summed E-state index contributed by atoms with van der Waals surface area (Å²) in [5.74, 6) is 2.58. The molecule has 0 aliphatic carbocycles. The van der Waals surface area contributed by atoms with Gasteiger partial charge in [0, 0.05) is 35.6 Å². The number of nitrogens with zero attached hydrogens (tertiary/aromatic N) is 2. The quantitative estimate of drug-likeness (QED) is 0.412. The normalized spacial score (nSPS) is 10.6. The van der Waals surface area contributed by atoms with Crippen molar-refractivity contribution in [2.45, 2.75) is 24.7 Å². The van der Waals surface area contributed by atoms with Crippen molar-refractivity contribution in [3.63, 3.8) is 0 Å². The highest BCUT2D eigenvalue weighted by atomic mass is 32.2. The number of carbonyl (C=O) groups excluding carboxylic acids is 1. The molecule has 0 saturated heterocycles. The fourth-order valence-electron chi connectivity index (χ4n) is 2.53. The number of hydrogen-bond donors (Lipinski definition) is 1. The summed E-state index contributed by atoms with van der Waals surface area (Å²) in [5, 5.41) is 6.90. The molecular weight excluding hydrogens is 374 g/mol. The van der Waals surface area contributed by atoms with E-state index < -0.39 is 0 Å². The summed E-state index contributed by atoms with van der Waals surface area (Å²) in [6.45, 7) is 3.19. The molecule has 1 N–H and O–H groups in total. The van der Waals surface area contributed by atoms with E-state index in [1.165, 1.54) is 4.90 Å². The van der Waals surface area contributed by atoms with E-state index in [1.807, 2.05) is 49.4 Å². The molecule has 2 aromatic carbocycles. The van der Waals surface area contributed by atoms with Crippen LogP contribution < -0.4 is 10.1 Å². The Hall–Kier alpha value is -2.80. The van der Waals surface area contributed by atoms with Crippen LogP contribution in [0.5, 0.6) is 5.75 Å². The first-order chi connectivity index (χ1) is 13.7. The van der Waals surface area contributed by atoms with Crippen molar-refractivity contribution in [1.29, 1.82) is 0 Å². The fourth-order valence-corrected chi connectivity index (χ4v) is 3.31. The van der Waals surface area contributed by atoms with Crippen LogP contribution in [-0.2, 0) is 11.2 Å². The summed E-state index contributed by atoms with van der Waals surface area (Å²) in [6, 6.07) is 17.6. The van der Waals surface area contributed by atoms with Gasteiger partial charge >= 0.3 is 0 Å². The van der Waals surface area contributed by atoms with E-state index in [0.717, 1.165) is 17.1 Å². The summed E-state index contributed by atoms with van der Waals surface area (Å²) in [7, 11) is 0. The lowest BCUT2D eigenvalue weighted by Gasteiger charge is -2.04. The van der Waals surface area contributed by atoms with Crippen LogP contribution in [0.25, 0.3) is 11.4 Å². The molecule has 0 bridgehead atoms. The number of carbonyl (C=O) groups is 1. The molecule has 0 unspecified atom stereocenters. The highest BCUT2D eigenvalue weighted by Gasteiger charge is 2.11. The van der Waals surface area contributed by atoms with Crippen molar-refractivity contribution < 1.29 is 14.1 Å². The lowest BCUT2D eigenvalue weighted by Crippen LogP contribution is -2.25. The summed E-state index contributed by atoms with van der Waals surface area (Å²) in [4.78, 5) is 17.5. The molecule has 3 aromatic rings. The van der Waals surface area contributed by atoms with E-state index in [9.17, 15) is 4.79 Å². The zero-order valence-electron chi connectivity index (χ0n) is 15.8. The Morgan fingerprint density at radius 1 is 1.14 bits per heavy atom. The van der Waals surface area contributed by atoms with Crippen molar-refractivity contribution >= 4 is 17.7 Å². The Bertz CT molecular complexity index is 866. The Balaban J connectivity index is 1.39. The average Bonchev–Trinajstić information content (AvgIpc) is 3.20. The van der Waals surface area contributed by atoms with E-state index in [4.69, 9.17) is 9.26 Å². The van der Waals surface area contributed by atoms with Crippen LogP contribution >= 0.6 is 11.8 Å². The van der Waals surface area contributed by atoms with Crippen LogP contribution in [0.4, 0.5) is 0 Å². The van der Waals surface area contributed by atoms with Crippen LogP contribution in [0.3, 0.4) is 0 Å². The van der Waals surface area contributed by atoms with Gasteiger partial charge in [0.1, 0.15) is 5.75 Å². The molecule has 6 nitrogen and oxygen atoms in total. The number of rotatable bonds is 10. The second-order valence-corrected chi connectivity index (χ2v) is 7.15. The molecule has 3 rings (SSSR count). The fraction of sp³-hybridized carbons (Fsp3) is 0.286. The average molecular weight is 398 g/mol. The number of amides is 1. The van der Waals surface area contributed by atoms with E-state index in [1.54, 1.807) is 11.8 Å². The molecule has 1 aromatic heterocycles. The van der Waals surface area contributed by atoms with Gasteiger partial charge in [-0.2, -0.15) is 4.98 Å². The SMILES string of the molecule is CCOc1ccc(-c2noc(CCC(=O)NCCSc3ccccc3)n2)cc1. The van der Waals surface area contributed by atoms with Crippen LogP contribution in [0.15, 0.2) is 64.0 Å². The Labute approximate surface area is 168 Å². The van der Waals surface area contributed by atoms with Crippen LogP contribution in [0, 0.1) is 0 Å². The summed E-state index contributed by atoms with van der Waals surface area (Å²) in [5.41, 5.74) is 0.848. The minimum Gasteiger partial charge on any atom is -0.494 e. The maximum atomic E-state index is 12.0. The molecule has 1 heterocycles. The minimum atomic E-state index is -0.0190. The predicted octanol–water partition coefficient (Wildman–Crippen LogP) is 3.98. The summed E-state index contributed by atoms with van der Waals surface area (Å²) < 4.78 is 10.7. The smallest absolute Gasteiger partial charge is 0.227 e. The molecule has 0 radical (unpaired) electrons. The van der Waals surface area contributed by atoms with Gasteiger partial charge in [-0.3, -0.25) is 4.79 Å². The molecule has 0 atom stereocenters. The lowest BCUT2D eigenvalue weighted by atomic mass is 10.2. The molecular formula is C21H23N3O3S. The predicted molar refractivity (Wildman–Crippen MR) is 109 cm³/mol. The van der Waals surface area contributed by atoms with Gasteiger partial charge in [0.2, 0.25) is 17.6 Å². The molecule has 0 spiro atoms. The Kier molecular flexibility index (Phi) is 7.49. The third kappa shape index (κ3) is 6.13. The maximum Gasteiger partial charge on any atom is 0.227 e. The molecule has 7 heteroatoms. The van der Waals surface area contributed by atoms with Gasteiger partial charge in [-0.15, -0.1) is 11.8 Å². The molecule has 0 fully saturated rings. The monoisotopic (exact) mass is 397 g/mol. The third-order valence-electron chi connectivity index (χ3n) is 3.89. The molecule has 146 valence electrons. The minimum absolute atomic E-state index is 0.0190. The Morgan fingerprint density at radius 2 is 1.93 bits per heavy atom. The van der Waals surface area contributed by atoms with Crippen molar-refractivity contribution in [3.05, 3.63) is 60.5 Å². The van der Waals surface area contributed by atoms with Crippen molar-refractivity contribution in [2.24, 2.45) is 0 Å². The first kappa shape index (κ1) is 19.9. The Morgan fingerprint density at radius 3 is 2.68 bits per heavy atom. The number of thioether (sulfide) groups is 1. The molecule has 28 heavy (non-hydrogen) atoms. The lowest BCUT2D eigenvalue weighted by molar-refractivity contribution is -0.121.